The molecule has 1 N–H and O–H groups in total. The summed E-state index contributed by atoms with van der Waals surface area (Å²) < 4.78 is 11.2. The Labute approximate surface area is 241 Å². The first-order valence-corrected chi connectivity index (χ1v) is 13.7. The molecule has 1 aliphatic rings. The Hall–Kier alpha value is -4.96. The molecule has 0 bridgehead atoms. The molecule has 0 radical (unpaired) electrons. The van der Waals surface area contributed by atoms with Crippen molar-refractivity contribution in [3.63, 3.8) is 0 Å². The second-order valence-corrected chi connectivity index (χ2v) is 10.2. The zero-order valence-electron chi connectivity index (χ0n) is 22.5. The summed E-state index contributed by atoms with van der Waals surface area (Å²) in [7, 11) is 3.32. The number of guanidine groups is 1. The van der Waals surface area contributed by atoms with E-state index in [1.807, 2.05) is 66.7 Å². The predicted octanol–water partition coefficient (Wildman–Crippen LogP) is 5.80. The van der Waals surface area contributed by atoms with Gasteiger partial charge >= 0.3 is 12.0 Å². The number of ether oxygens (including phenoxy) is 2. The molecule has 0 saturated carbocycles. The zero-order chi connectivity index (χ0) is 28.8. The number of hydrogen-bond acceptors (Lipinski definition) is 6. The number of methoxy groups -OCH3 is 1. The number of thiazole rings is 1. The highest BCUT2D eigenvalue weighted by Gasteiger charge is 2.42. The van der Waals surface area contributed by atoms with Crippen LogP contribution in [-0.2, 0) is 13.0 Å². The Kier molecular flexibility index (Phi) is 8.40. The highest BCUT2D eigenvalue weighted by Crippen LogP contribution is 2.31. The van der Waals surface area contributed by atoms with Gasteiger partial charge in [-0.25, -0.2) is 14.7 Å². The number of likely N-dealkylation sites (N-methyl/N-ethyl adjacent to an activating group) is 1. The van der Waals surface area contributed by atoms with Crippen LogP contribution in [0.4, 0.5) is 4.79 Å². The minimum atomic E-state index is -1.24. The van der Waals surface area contributed by atoms with Crippen molar-refractivity contribution in [2.24, 2.45) is 4.99 Å². The van der Waals surface area contributed by atoms with Gasteiger partial charge in [-0.2, -0.15) is 4.99 Å². The Morgan fingerprint density at radius 1 is 1.00 bits per heavy atom. The van der Waals surface area contributed by atoms with Crippen molar-refractivity contribution in [2.75, 3.05) is 14.2 Å². The van der Waals surface area contributed by atoms with Crippen molar-refractivity contribution in [1.82, 2.24) is 14.8 Å². The summed E-state index contributed by atoms with van der Waals surface area (Å²) in [4.78, 5) is 36.4. The first-order chi connectivity index (χ1) is 19.9. The molecule has 10 heteroatoms. The molecule has 5 rings (SSSR count). The number of carbonyl (C=O) groups excluding carboxylic acids is 1. The van der Waals surface area contributed by atoms with E-state index in [2.05, 4.69) is 9.98 Å². The lowest BCUT2D eigenvalue weighted by Crippen LogP contribution is -2.36. The highest BCUT2D eigenvalue weighted by atomic mass is 32.1. The monoisotopic (exact) mass is 568 g/mol. The van der Waals surface area contributed by atoms with E-state index in [1.165, 1.54) is 6.20 Å². The van der Waals surface area contributed by atoms with E-state index in [-0.39, 0.29) is 11.0 Å². The maximum Gasteiger partial charge on any atom is 0.418 e. The molecule has 1 aliphatic heterocycles. The minimum Gasteiger partial charge on any atom is -0.497 e. The molecule has 3 aromatic carbocycles. The summed E-state index contributed by atoms with van der Waals surface area (Å²) in [6.45, 7) is 0.459. The number of benzene rings is 3. The predicted molar refractivity (Wildman–Crippen MR) is 157 cm³/mol. The van der Waals surface area contributed by atoms with E-state index < -0.39 is 18.0 Å². The van der Waals surface area contributed by atoms with Crippen LogP contribution in [0.5, 0.6) is 11.5 Å². The highest BCUT2D eigenvalue weighted by molar-refractivity contribution is 7.11. The van der Waals surface area contributed by atoms with Crippen molar-refractivity contribution in [1.29, 1.82) is 0 Å². The van der Waals surface area contributed by atoms with Crippen molar-refractivity contribution in [2.45, 2.75) is 19.1 Å². The van der Waals surface area contributed by atoms with Crippen molar-refractivity contribution in [3.8, 4) is 11.5 Å². The number of aromatic nitrogens is 1. The van der Waals surface area contributed by atoms with E-state index in [0.29, 0.717) is 24.5 Å². The van der Waals surface area contributed by atoms with Crippen LogP contribution in [0.1, 0.15) is 26.5 Å². The quantitative estimate of drug-likeness (QED) is 0.286. The van der Waals surface area contributed by atoms with E-state index in [4.69, 9.17) is 9.47 Å². The molecule has 9 nitrogen and oxygen atoms in total. The molecule has 1 unspecified atom stereocenters. The van der Waals surface area contributed by atoms with Crippen LogP contribution >= 0.6 is 11.3 Å². The zero-order valence-corrected chi connectivity index (χ0v) is 23.3. The van der Waals surface area contributed by atoms with Gasteiger partial charge in [-0.3, -0.25) is 4.79 Å². The van der Waals surface area contributed by atoms with Crippen LogP contribution in [0.25, 0.3) is 6.08 Å². The van der Waals surface area contributed by atoms with Gasteiger partial charge in [0.25, 0.3) is 0 Å². The second-order valence-electron chi connectivity index (χ2n) is 9.26. The Bertz CT molecular complexity index is 1550. The van der Waals surface area contributed by atoms with Crippen molar-refractivity contribution < 1.29 is 24.2 Å². The summed E-state index contributed by atoms with van der Waals surface area (Å²) in [6.07, 6.45) is 2.53. The SMILES string of the molecule is COc1ccc(/C=C2/C(Cc3ccc(OCc4ccccc4)cc3)N(C)C(=NC(=O)c3nccs3)N2C(=O)O)cc1. The molecule has 0 spiro atoms. The fourth-order valence-corrected chi connectivity index (χ4v) is 5.03. The molecule has 0 aliphatic carbocycles. The average molecular weight is 569 g/mol. The number of rotatable bonds is 8. The molecule has 1 saturated heterocycles. The standard InChI is InChI=1S/C31H28N4O5S/c1-34-26(18-21-10-14-25(15-11-21)40-20-23-6-4-3-5-7-23)27(19-22-8-12-24(39-2)13-9-22)35(31(37)38)30(34)33-28(36)29-32-16-17-41-29/h3-17,19,26H,18,20H2,1-2H3,(H,37,38)/b27-19-,33-30?. The van der Waals surface area contributed by atoms with Crippen LogP contribution < -0.4 is 9.47 Å². The van der Waals surface area contributed by atoms with Gasteiger partial charge < -0.3 is 19.5 Å². The van der Waals surface area contributed by atoms with Gasteiger partial charge in [0.05, 0.1) is 18.8 Å². The van der Waals surface area contributed by atoms with Gasteiger partial charge in [0.15, 0.2) is 5.01 Å². The lowest BCUT2D eigenvalue weighted by Gasteiger charge is -2.20. The molecule has 1 fully saturated rings. The van der Waals surface area contributed by atoms with Crippen molar-refractivity contribution >= 4 is 35.4 Å². The normalized spacial score (nSPS) is 16.8. The first-order valence-electron chi connectivity index (χ1n) is 12.8. The summed E-state index contributed by atoms with van der Waals surface area (Å²) >= 11 is 1.15. The van der Waals surface area contributed by atoms with Crippen molar-refractivity contribution in [3.05, 3.63) is 118 Å². The average Bonchev–Trinajstić information content (AvgIpc) is 3.62. The van der Waals surface area contributed by atoms with E-state index in [9.17, 15) is 14.7 Å². The molecular weight excluding hydrogens is 540 g/mol. The van der Waals surface area contributed by atoms with E-state index in [1.54, 1.807) is 42.6 Å². The van der Waals surface area contributed by atoms with Gasteiger partial charge in [-0.05, 0) is 53.5 Å². The smallest absolute Gasteiger partial charge is 0.418 e. The van der Waals surface area contributed by atoms with Crippen LogP contribution in [0.3, 0.4) is 0 Å². The second kappa shape index (κ2) is 12.5. The molecule has 2 heterocycles. The lowest BCUT2D eigenvalue weighted by molar-refractivity contribution is 0.1000. The van der Waals surface area contributed by atoms with E-state index in [0.717, 1.165) is 38.7 Å². The number of aliphatic imine (C=N–C) groups is 1. The maximum atomic E-state index is 12.8. The molecule has 4 aromatic rings. The molecule has 41 heavy (non-hydrogen) atoms. The van der Waals surface area contributed by atoms with Gasteiger partial charge in [0.2, 0.25) is 5.96 Å². The molecule has 1 aromatic heterocycles. The number of carbonyl (C=O) groups is 2. The number of carboxylic acid groups (broad SMARTS) is 1. The molecule has 2 amide bonds. The Morgan fingerprint density at radius 3 is 2.34 bits per heavy atom. The van der Waals surface area contributed by atoms with E-state index >= 15 is 0 Å². The van der Waals surface area contributed by atoms with Gasteiger partial charge in [-0.15, -0.1) is 11.3 Å². The largest absolute Gasteiger partial charge is 0.497 e. The molecule has 208 valence electrons. The van der Waals surface area contributed by atoms with Gasteiger partial charge in [-0.1, -0.05) is 54.6 Å². The Balaban J connectivity index is 1.45. The first kappa shape index (κ1) is 27.6. The summed E-state index contributed by atoms with van der Waals surface area (Å²) in [5.74, 6) is 0.839. The number of nitrogens with zero attached hydrogens (tertiary/aromatic N) is 4. The topological polar surface area (TPSA) is 105 Å². The lowest BCUT2D eigenvalue weighted by atomic mass is 10.0. The fourth-order valence-electron chi connectivity index (χ4n) is 4.51. The molecule has 1 atom stereocenters. The summed E-state index contributed by atoms with van der Waals surface area (Å²) in [6, 6.07) is 24.5. The van der Waals surface area contributed by atoms with Crippen LogP contribution in [0.15, 0.2) is 101 Å². The minimum absolute atomic E-state index is 0.0188. The number of hydrogen-bond donors (Lipinski definition) is 1. The fraction of sp³-hybridized carbons (Fsp3) is 0.161. The van der Waals surface area contributed by atoms with Crippen LogP contribution in [-0.4, -0.2) is 58.0 Å². The van der Waals surface area contributed by atoms with Gasteiger partial charge in [0.1, 0.15) is 18.1 Å². The summed E-state index contributed by atoms with van der Waals surface area (Å²) in [5.41, 5.74) is 3.29. The Morgan fingerprint density at radius 2 is 1.71 bits per heavy atom. The third-order valence-electron chi connectivity index (χ3n) is 6.62. The van der Waals surface area contributed by atoms with Crippen LogP contribution in [0.2, 0.25) is 0 Å². The van der Waals surface area contributed by atoms with Crippen LogP contribution in [0, 0.1) is 0 Å². The maximum absolute atomic E-state index is 12.8. The summed E-state index contributed by atoms with van der Waals surface area (Å²) in [5, 5.41) is 12.1. The molecular formula is C31H28N4O5S. The van der Waals surface area contributed by atoms with Gasteiger partial charge in [0, 0.05) is 18.6 Å². The third-order valence-corrected chi connectivity index (χ3v) is 7.38. The number of amides is 2. The third kappa shape index (κ3) is 6.44.